The van der Waals surface area contributed by atoms with E-state index in [4.69, 9.17) is 16.6 Å². The normalized spacial score (nSPS) is 11.3. The molecule has 0 unspecified atom stereocenters. The maximum Gasteiger partial charge on any atom is 0.260 e. The van der Waals surface area contributed by atoms with E-state index in [0.29, 0.717) is 11.6 Å². The zero-order valence-electron chi connectivity index (χ0n) is 16.0. The van der Waals surface area contributed by atoms with Crippen LogP contribution in [0.2, 0.25) is 5.02 Å². The zero-order chi connectivity index (χ0) is 19.4. The molecular weight excluding hydrogens is 378 g/mol. The molecule has 2 aromatic carbocycles. The number of carbonyl (C=O) groups excluding carboxylic acids is 1. The highest BCUT2D eigenvalue weighted by Crippen LogP contribution is 2.31. The fraction of sp³-hybridized carbons (Fsp3) is 0.333. The van der Waals surface area contributed by atoms with Crippen LogP contribution in [0.4, 0.5) is 5.13 Å². The first-order valence-electron chi connectivity index (χ1n) is 9.30. The topological polar surface area (TPSA) is 37.6 Å². The number of aromatic nitrogens is 1. The molecule has 0 bridgehead atoms. The molecule has 3 rings (SSSR count). The van der Waals surface area contributed by atoms with Gasteiger partial charge < -0.3 is 4.90 Å². The number of carbonyl (C=O) groups is 1. The number of anilines is 1. The number of hydrogen-bond acceptors (Lipinski definition) is 3. The molecule has 0 fully saturated rings. The van der Waals surface area contributed by atoms with Crippen molar-refractivity contribution in [3.63, 3.8) is 0 Å². The van der Waals surface area contributed by atoms with Crippen LogP contribution in [0.25, 0.3) is 10.2 Å². The van der Waals surface area contributed by atoms with Crippen LogP contribution < -0.4 is 9.80 Å². The average Bonchev–Trinajstić information content (AvgIpc) is 3.08. The van der Waals surface area contributed by atoms with Gasteiger partial charge in [-0.1, -0.05) is 41.1 Å². The molecule has 0 aliphatic heterocycles. The maximum atomic E-state index is 13.4. The van der Waals surface area contributed by atoms with Gasteiger partial charge in [-0.05, 0) is 50.6 Å². The molecular formula is C21H25ClN3OS+. The van der Waals surface area contributed by atoms with E-state index in [0.717, 1.165) is 46.1 Å². The van der Waals surface area contributed by atoms with Gasteiger partial charge in [-0.2, -0.15) is 0 Å². The Bertz CT molecular complexity index is 936. The molecule has 1 heterocycles. The Balaban J connectivity index is 1.97. The van der Waals surface area contributed by atoms with Gasteiger partial charge in [0.05, 0.1) is 36.4 Å². The van der Waals surface area contributed by atoms with Crippen molar-refractivity contribution in [2.45, 2.75) is 20.8 Å². The first-order valence-corrected chi connectivity index (χ1v) is 10.5. The van der Waals surface area contributed by atoms with E-state index >= 15 is 0 Å². The molecule has 1 amide bonds. The van der Waals surface area contributed by atoms with Crippen LogP contribution in [0.3, 0.4) is 0 Å². The van der Waals surface area contributed by atoms with E-state index in [1.165, 1.54) is 16.2 Å². The van der Waals surface area contributed by atoms with Gasteiger partial charge in [0.15, 0.2) is 5.13 Å². The number of rotatable bonds is 7. The van der Waals surface area contributed by atoms with Gasteiger partial charge in [0.2, 0.25) is 0 Å². The number of nitrogens with zero attached hydrogens (tertiary/aromatic N) is 2. The van der Waals surface area contributed by atoms with Gasteiger partial charge in [0.1, 0.15) is 0 Å². The SMILES string of the molecule is CC[NH+](CC)CCN(C(=O)c1ccccc1C)c1nc2ccc(Cl)cc2s1. The van der Waals surface area contributed by atoms with Crippen molar-refractivity contribution in [3.8, 4) is 0 Å². The second-order valence-electron chi connectivity index (χ2n) is 6.59. The highest BCUT2D eigenvalue weighted by Gasteiger charge is 2.23. The number of nitrogens with one attached hydrogen (secondary N) is 1. The number of aryl methyl sites for hydroxylation is 1. The number of amides is 1. The van der Waals surface area contributed by atoms with Crippen molar-refractivity contribution < 1.29 is 9.69 Å². The standard InChI is InChI=1S/C21H24ClN3OS/c1-4-24(5-2)12-13-25(20(26)17-9-7-6-8-15(17)3)21-23-18-11-10-16(22)14-19(18)27-21/h6-11,14H,4-5,12-13H2,1-3H3/p+1. The quantitative estimate of drug-likeness (QED) is 0.652. The smallest absolute Gasteiger partial charge is 0.260 e. The summed E-state index contributed by atoms with van der Waals surface area (Å²) in [5.74, 6) is 0.00445. The number of hydrogen-bond donors (Lipinski definition) is 1. The molecule has 0 aliphatic rings. The first kappa shape index (κ1) is 19.8. The molecule has 0 aliphatic carbocycles. The molecule has 0 spiro atoms. The van der Waals surface area contributed by atoms with E-state index in [-0.39, 0.29) is 5.91 Å². The van der Waals surface area contributed by atoms with Crippen LogP contribution >= 0.6 is 22.9 Å². The summed E-state index contributed by atoms with van der Waals surface area (Å²) in [6, 6.07) is 13.4. The van der Waals surface area contributed by atoms with Gasteiger partial charge in [0, 0.05) is 10.6 Å². The number of halogens is 1. The second kappa shape index (κ2) is 8.83. The summed E-state index contributed by atoms with van der Waals surface area (Å²) in [4.78, 5) is 21.4. The van der Waals surface area contributed by atoms with E-state index in [2.05, 4.69) is 13.8 Å². The van der Waals surface area contributed by atoms with Crippen LogP contribution in [0.15, 0.2) is 42.5 Å². The molecule has 0 saturated carbocycles. The van der Waals surface area contributed by atoms with Crippen LogP contribution in [-0.4, -0.2) is 37.1 Å². The zero-order valence-corrected chi connectivity index (χ0v) is 17.5. The molecule has 142 valence electrons. The van der Waals surface area contributed by atoms with E-state index < -0.39 is 0 Å². The fourth-order valence-electron chi connectivity index (χ4n) is 3.12. The molecule has 4 nitrogen and oxygen atoms in total. The molecule has 1 aromatic heterocycles. The summed E-state index contributed by atoms with van der Waals surface area (Å²) in [7, 11) is 0. The number of benzene rings is 2. The lowest BCUT2D eigenvalue weighted by Crippen LogP contribution is -3.12. The van der Waals surface area contributed by atoms with Gasteiger partial charge in [-0.15, -0.1) is 0 Å². The van der Waals surface area contributed by atoms with Gasteiger partial charge in [-0.25, -0.2) is 4.98 Å². The molecule has 27 heavy (non-hydrogen) atoms. The molecule has 0 saturated heterocycles. The first-order chi connectivity index (χ1) is 13.0. The predicted octanol–water partition coefficient (Wildman–Crippen LogP) is 3.83. The van der Waals surface area contributed by atoms with Crippen molar-refractivity contribution in [2.75, 3.05) is 31.1 Å². The maximum absolute atomic E-state index is 13.4. The van der Waals surface area contributed by atoms with E-state index in [1.807, 2.05) is 54.3 Å². The Morgan fingerprint density at radius 3 is 2.63 bits per heavy atom. The van der Waals surface area contributed by atoms with E-state index in [9.17, 15) is 4.79 Å². The monoisotopic (exact) mass is 402 g/mol. The minimum Gasteiger partial charge on any atom is -0.334 e. The number of thiazole rings is 1. The van der Waals surface area contributed by atoms with Crippen molar-refractivity contribution in [3.05, 3.63) is 58.6 Å². The Hall–Kier alpha value is -1.95. The van der Waals surface area contributed by atoms with Crippen LogP contribution in [0.1, 0.15) is 29.8 Å². The molecule has 1 N–H and O–H groups in total. The van der Waals surface area contributed by atoms with Gasteiger partial charge >= 0.3 is 0 Å². The summed E-state index contributed by atoms with van der Waals surface area (Å²) in [6.45, 7) is 9.92. The van der Waals surface area contributed by atoms with Crippen molar-refractivity contribution in [1.82, 2.24) is 4.98 Å². The van der Waals surface area contributed by atoms with Crippen molar-refractivity contribution >= 4 is 44.2 Å². The minimum absolute atomic E-state index is 0.00445. The molecule has 3 aromatic rings. The minimum atomic E-state index is 0.00445. The highest BCUT2D eigenvalue weighted by molar-refractivity contribution is 7.22. The van der Waals surface area contributed by atoms with E-state index in [1.54, 1.807) is 0 Å². The van der Waals surface area contributed by atoms with Gasteiger partial charge in [0.25, 0.3) is 5.91 Å². The highest BCUT2D eigenvalue weighted by atomic mass is 35.5. The summed E-state index contributed by atoms with van der Waals surface area (Å²) < 4.78 is 0.996. The summed E-state index contributed by atoms with van der Waals surface area (Å²) >= 11 is 7.64. The predicted molar refractivity (Wildman–Crippen MR) is 114 cm³/mol. The average molecular weight is 403 g/mol. The van der Waals surface area contributed by atoms with Crippen LogP contribution in [0.5, 0.6) is 0 Å². The third kappa shape index (κ3) is 4.49. The lowest BCUT2D eigenvalue weighted by Gasteiger charge is -2.23. The third-order valence-corrected chi connectivity index (χ3v) is 6.16. The Morgan fingerprint density at radius 1 is 1.19 bits per heavy atom. The summed E-state index contributed by atoms with van der Waals surface area (Å²) in [5.41, 5.74) is 2.58. The summed E-state index contributed by atoms with van der Waals surface area (Å²) in [6.07, 6.45) is 0. The Labute approximate surface area is 169 Å². The van der Waals surface area contributed by atoms with Crippen LogP contribution in [-0.2, 0) is 0 Å². The van der Waals surface area contributed by atoms with Gasteiger partial charge in [-0.3, -0.25) is 9.69 Å². The molecule has 0 atom stereocenters. The Kier molecular flexibility index (Phi) is 6.47. The number of fused-ring (bicyclic) bond motifs is 1. The fourth-order valence-corrected chi connectivity index (χ4v) is 4.38. The number of likely N-dealkylation sites (N-methyl/N-ethyl adjacent to an activating group) is 1. The van der Waals surface area contributed by atoms with Crippen LogP contribution in [0, 0.1) is 6.92 Å². The summed E-state index contributed by atoms with van der Waals surface area (Å²) in [5, 5.41) is 1.41. The molecule has 0 radical (unpaired) electrons. The second-order valence-corrected chi connectivity index (χ2v) is 8.03. The third-order valence-electron chi connectivity index (χ3n) is 4.88. The lowest BCUT2D eigenvalue weighted by atomic mass is 10.1. The van der Waals surface area contributed by atoms with Crippen molar-refractivity contribution in [2.24, 2.45) is 0 Å². The largest absolute Gasteiger partial charge is 0.334 e. The number of quaternary nitrogens is 1. The lowest BCUT2D eigenvalue weighted by molar-refractivity contribution is -0.894. The Morgan fingerprint density at radius 2 is 1.93 bits per heavy atom. The van der Waals surface area contributed by atoms with Crippen molar-refractivity contribution in [1.29, 1.82) is 0 Å². The molecule has 6 heteroatoms.